The first-order chi connectivity index (χ1) is 23.7. The van der Waals surface area contributed by atoms with Gasteiger partial charge in [-0.05, 0) is 71.4 Å². The van der Waals surface area contributed by atoms with Crippen molar-refractivity contribution >= 4 is 87.8 Å². The summed E-state index contributed by atoms with van der Waals surface area (Å²) in [5, 5.41) is 8.25. The lowest BCUT2D eigenvalue weighted by Gasteiger charge is -2.12. The highest BCUT2D eigenvalue weighted by molar-refractivity contribution is 6.30. The molecule has 10 rings (SSSR count). The molecule has 6 nitrogen and oxygen atoms in total. The van der Waals surface area contributed by atoms with E-state index in [-0.39, 0.29) is 11.6 Å². The molecule has 0 atom stereocenters. The molecule has 0 saturated heterocycles. The number of aromatic nitrogens is 4. The standard InChI is InChI=1S/C42H22N6/c1-43-41-42(44-2)46-40-34-22-32-28-18-10-12-20-36(28)48(26-15-7-4-8-16-26)38(32)24-30(34)29-23-37-31(21-33(29)39(40)45-41)27-17-9-11-19-35(27)47(37)25-13-5-3-6-14-25/h3-24H. The average Bonchev–Trinajstić information content (AvgIpc) is 3.65. The van der Waals surface area contributed by atoms with Crippen molar-refractivity contribution in [3.05, 3.63) is 156 Å². The number of hydrogen-bond donors (Lipinski definition) is 0. The second-order valence-corrected chi connectivity index (χ2v) is 12.0. The van der Waals surface area contributed by atoms with Crippen LogP contribution in [0.4, 0.5) is 11.6 Å². The van der Waals surface area contributed by atoms with Crippen LogP contribution >= 0.6 is 0 Å². The van der Waals surface area contributed by atoms with Gasteiger partial charge in [0.2, 0.25) is 11.0 Å². The molecule has 0 aliphatic heterocycles. The van der Waals surface area contributed by atoms with Gasteiger partial charge in [0.1, 0.15) is 0 Å². The van der Waals surface area contributed by atoms with Crippen LogP contribution in [0.3, 0.4) is 0 Å². The Morgan fingerprint density at radius 2 is 0.771 bits per heavy atom. The number of nitrogens with zero attached hydrogens (tertiary/aromatic N) is 6. The van der Waals surface area contributed by atoms with Crippen LogP contribution in [0.1, 0.15) is 0 Å². The lowest BCUT2D eigenvalue weighted by molar-refractivity contribution is 1.18. The first-order valence-corrected chi connectivity index (χ1v) is 15.7. The molecular formula is C42H22N6. The van der Waals surface area contributed by atoms with Gasteiger partial charge >= 0.3 is 0 Å². The van der Waals surface area contributed by atoms with Gasteiger partial charge in [0, 0.05) is 43.7 Å². The Morgan fingerprint density at radius 1 is 0.375 bits per heavy atom. The summed E-state index contributed by atoms with van der Waals surface area (Å²) in [6.07, 6.45) is 0. The smallest absolute Gasteiger partial charge is 0.294 e. The third kappa shape index (κ3) is 3.49. The van der Waals surface area contributed by atoms with E-state index in [1.165, 1.54) is 0 Å². The minimum atomic E-state index is 0.0201. The summed E-state index contributed by atoms with van der Waals surface area (Å²) in [5.74, 6) is 0.0402. The van der Waals surface area contributed by atoms with E-state index in [1.807, 2.05) is 12.1 Å². The van der Waals surface area contributed by atoms with Crippen LogP contribution in [0.2, 0.25) is 0 Å². The summed E-state index contributed by atoms with van der Waals surface area (Å²) in [6, 6.07) is 46.7. The van der Waals surface area contributed by atoms with Crippen LogP contribution in [-0.2, 0) is 0 Å². The maximum Gasteiger partial charge on any atom is 0.294 e. The molecule has 7 aromatic carbocycles. The monoisotopic (exact) mass is 610 g/mol. The van der Waals surface area contributed by atoms with Gasteiger partial charge in [-0.3, -0.25) is 0 Å². The van der Waals surface area contributed by atoms with Crippen molar-refractivity contribution in [3.63, 3.8) is 0 Å². The van der Waals surface area contributed by atoms with Gasteiger partial charge in [-0.2, -0.15) is 0 Å². The van der Waals surface area contributed by atoms with E-state index in [2.05, 4.69) is 140 Å². The molecular weight excluding hydrogens is 589 g/mol. The van der Waals surface area contributed by atoms with Crippen LogP contribution in [0, 0.1) is 13.1 Å². The predicted molar refractivity (Wildman–Crippen MR) is 196 cm³/mol. The fourth-order valence-electron chi connectivity index (χ4n) is 7.52. The molecule has 0 bridgehead atoms. The zero-order valence-electron chi connectivity index (χ0n) is 25.4. The highest BCUT2D eigenvalue weighted by Crippen LogP contribution is 2.44. The number of hydrogen-bond acceptors (Lipinski definition) is 2. The fourth-order valence-corrected chi connectivity index (χ4v) is 7.52. The summed E-state index contributed by atoms with van der Waals surface area (Å²) in [5.41, 5.74) is 7.79. The Bertz CT molecular complexity index is 2860. The highest BCUT2D eigenvalue weighted by Gasteiger charge is 2.24. The molecule has 6 heteroatoms. The number of para-hydroxylation sites is 4. The molecule has 0 N–H and O–H groups in total. The van der Waals surface area contributed by atoms with Gasteiger partial charge in [-0.25, -0.2) is 0 Å². The van der Waals surface area contributed by atoms with Crippen molar-refractivity contribution in [1.82, 2.24) is 19.1 Å². The molecule has 0 aliphatic rings. The van der Waals surface area contributed by atoms with Gasteiger partial charge in [-0.15, -0.1) is 9.97 Å². The lowest BCUT2D eigenvalue weighted by atomic mass is 9.96. The van der Waals surface area contributed by atoms with Gasteiger partial charge in [0.05, 0.1) is 22.1 Å². The Balaban J connectivity index is 1.47. The van der Waals surface area contributed by atoms with Crippen molar-refractivity contribution in [3.8, 4) is 11.4 Å². The summed E-state index contributed by atoms with van der Waals surface area (Å²) < 4.78 is 4.63. The SMILES string of the molecule is [C-]#[N+]c1nc2c3cc4c5ccccc5n(-c5ccccc5)c4cc3c3cc4c(cc3c2nc1[N+]#[C-])c1ccccc1n4-c1ccccc1. The van der Waals surface area contributed by atoms with Crippen molar-refractivity contribution in [2.45, 2.75) is 0 Å². The first kappa shape index (κ1) is 26.2. The molecule has 0 unspecified atom stereocenters. The normalized spacial score (nSPS) is 11.7. The van der Waals surface area contributed by atoms with Gasteiger partial charge in [0.25, 0.3) is 11.6 Å². The van der Waals surface area contributed by atoms with E-state index in [4.69, 9.17) is 23.1 Å². The predicted octanol–water partition coefficient (Wildman–Crippen LogP) is 11.2. The summed E-state index contributed by atoms with van der Waals surface area (Å²) >= 11 is 0. The van der Waals surface area contributed by atoms with Crippen LogP contribution < -0.4 is 0 Å². The Labute approximate surface area is 274 Å². The first-order valence-electron chi connectivity index (χ1n) is 15.7. The second-order valence-electron chi connectivity index (χ2n) is 12.0. The minimum absolute atomic E-state index is 0.0201. The van der Waals surface area contributed by atoms with E-state index in [9.17, 15) is 0 Å². The largest absolute Gasteiger partial charge is 0.370 e. The lowest BCUT2D eigenvalue weighted by Crippen LogP contribution is -1.95. The maximum absolute atomic E-state index is 7.83. The molecule has 10 aromatic rings. The molecule has 0 fully saturated rings. The van der Waals surface area contributed by atoms with Crippen LogP contribution in [0.5, 0.6) is 0 Å². The molecule has 0 spiro atoms. The van der Waals surface area contributed by atoms with E-state index in [0.29, 0.717) is 11.0 Å². The molecule has 48 heavy (non-hydrogen) atoms. The molecule has 220 valence electrons. The van der Waals surface area contributed by atoms with E-state index >= 15 is 0 Å². The van der Waals surface area contributed by atoms with Gasteiger partial charge < -0.3 is 18.8 Å². The summed E-state index contributed by atoms with van der Waals surface area (Å²) in [7, 11) is 0. The van der Waals surface area contributed by atoms with E-state index in [1.54, 1.807) is 0 Å². The van der Waals surface area contributed by atoms with Crippen molar-refractivity contribution in [1.29, 1.82) is 0 Å². The van der Waals surface area contributed by atoms with Gasteiger partial charge in [0.15, 0.2) is 0 Å². The maximum atomic E-state index is 7.83. The fraction of sp³-hybridized carbons (Fsp3) is 0. The number of benzene rings is 7. The van der Waals surface area contributed by atoms with Crippen molar-refractivity contribution in [2.75, 3.05) is 0 Å². The van der Waals surface area contributed by atoms with Crippen molar-refractivity contribution in [2.24, 2.45) is 0 Å². The minimum Gasteiger partial charge on any atom is -0.370 e. The van der Waals surface area contributed by atoms with E-state index in [0.717, 1.165) is 76.5 Å². The topological polar surface area (TPSA) is 44.4 Å². The average molecular weight is 611 g/mol. The number of fused-ring (bicyclic) bond motifs is 12. The zero-order valence-corrected chi connectivity index (χ0v) is 25.4. The number of rotatable bonds is 2. The molecule has 0 radical (unpaired) electrons. The Hall–Kier alpha value is -7.02. The third-order valence-electron chi connectivity index (χ3n) is 9.52. The molecule has 3 aromatic heterocycles. The molecule has 3 heterocycles. The Morgan fingerprint density at radius 3 is 1.19 bits per heavy atom. The highest BCUT2D eigenvalue weighted by atomic mass is 15.0. The van der Waals surface area contributed by atoms with E-state index < -0.39 is 0 Å². The van der Waals surface area contributed by atoms with Crippen molar-refractivity contribution < 1.29 is 0 Å². The molecule has 0 aliphatic carbocycles. The second kappa shape index (κ2) is 9.74. The van der Waals surface area contributed by atoms with Gasteiger partial charge in [-0.1, -0.05) is 85.9 Å². The van der Waals surface area contributed by atoms with Crippen LogP contribution in [0.25, 0.3) is 97.3 Å². The summed E-state index contributed by atoms with van der Waals surface area (Å²) in [4.78, 5) is 16.9. The van der Waals surface area contributed by atoms with Crippen LogP contribution in [-0.4, -0.2) is 19.1 Å². The molecule has 0 amide bonds. The summed E-state index contributed by atoms with van der Waals surface area (Å²) in [6.45, 7) is 15.7. The Kier molecular flexibility index (Phi) is 5.32. The third-order valence-corrected chi connectivity index (χ3v) is 9.52. The zero-order chi connectivity index (χ0) is 31.9. The quantitative estimate of drug-likeness (QED) is 0.144. The van der Waals surface area contributed by atoms with Crippen LogP contribution in [0.15, 0.2) is 133 Å². The molecule has 0 saturated carbocycles.